The lowest BCUT2D eigenvalue weighted by Gasteiger charge is -2.21. The number of H-pyrrole nitrogens is 1. The second-order valence-corrected chi connectivity index (χ2v) is 8.15. The van der Waals surface area contributed by atoms with Gasteiger partial charge < -0.3 is 5.32 Å². The van der Waals surface area contributed by atoms with E-state index in [0.717, 1.165) is 5.69 Å². The van der Waals surface area contributed by atoms with Crippen LogP contribution in [0.15, 0.2) is 5.03 Å². The van der Waals surface area contributed by atoms with Gasteiger partial charge in [-0.1, -0.05) is 0 Å². The fraction of sp³-hybridized carbons (Fsp3) is 0.727. The molecule has 0 spiro atoms. The highest BCUT2D eigenvalue weighted by Crippen LogP contribution is 2.21. The lowest BCUT2D eigenvalue weighted by molar-refractivity contribution is 0.565. The van der Waals surface area contributed by atoms with Crippen molar-refractivity contribution in [2.45, 2.75) is 37.1 Å². The van der Waals surface area contributed by atoms with E-state index in [1.54, 1.807) is 18.8 Å². The predicted octanol–water partition coefficient (Wildman–Crippen LogP) is 0.857. The van der Waals surface area contributed by atoms with Crippen molar-refractivity contribution in [3.8, 4) is 0 Å². The molecule has 0 aromatic carbocycles. The Kier molecular flexibility index (Phi) is 5.43. The second kappa shape index (κ2) is 6.25. The SMILES string of the molecule is CNCc1c(S(=O)(=O)NCC(C)(C)SC)n[nH]c1C. The molecule has 110 valence electrons. The molecule has 0 aliphatic carbocycles. The zero-order chi connectivity index (χ0) is 14.7. The van der Waals surface area contributed by atoms with E-state index in [1.165, 1.54) is 0 Å². The minimum absolute atomic E-state index is 0.0799. The van der Waals surface area contributed by atoms with E-state index in [4.69, 9.17) is 0 Å². The summed E-state index contributed by atoms with van der Waals surface area (Å²) >= 11 is 1.62. The summed E-state index contributed by atoms with van der Waals surface area (Å²) in [7, 11) is -1.81. The van der Waals surface area contributed by atoms with Crippen molar-refractivity contribution in [1.82, 2.24) is 20.2 Å². The molecule has 3 N–H and O–H groups in total. The monoisotopic (exact) mass is 306 g/mol. The van der Waals surface area contributed by atoms with E-state index >= 15 is 0 Å². The molecule has 0 unspecified atom stereocenters. The maximum Gasteiger partial charge on any atom is 0.260 e. The quantitative estimate of drug-likeness (QED) is 0.695. The van der Waals surface area contributed by atoms with E-state index in [0.29, 0.717) is 18.7 Å². The van der Waals surface area contributed by atoms with Crippen molar-refractivity contribution in [1.29, 1.82) is 0 Å². The van der Waals surface area contributed by atoms with Crippen LogP contribution in [0, 0.1) is 6.92 Å². The van der Waals surface area contributed by atoms with Crippen molar-refractivity contribution in [3.05, 3.63) is 11.3 Å². The summed E-state index contributed by atoms with van der Waals surface area (Å²) in [5.41, 5.74) is 1.44. The lowest BCUT2D eigenvalue weighted by Crippen LogP contribution is -2.36. The highest BCUT2D eigenvalue weighted by atomic mass is 32.2. The first kappa shape index (κ1) is 16.5. The third-order valence-corrected chi connectivity index (χ3v) is 5.51. The van der Waals surface area contributed by atoms with Gasteiger partial charge in [-0.15, -0.1) is 0 Å². The standard InChI is InChI=1S/C11H22N4O2S2/c1-8-9(6-12-4)10(15-14-8)19(16,17)13-7-11(2,3)18-5/h12-13H,6-7H2,1-5H3,(H,14,15). The first-order chi connectivity index (χ1) is 8.73. The van der Waals surface area contributed by atoms with Crippen LogP contribution in [0.25, 0.3) is 0 Å². The number of rotatable bonds is 7. The van der Waals surface area contributed by atoms with Gasteiger partial charge in [-0.25, -0.2) is 13.1 Å². The molecule has 0 saturated heterocycles. The van der Waals surface area contributed by atoms with Crippen molar-refractivity contribution in [3.63, 3.8) is 0 Å². The van der Waals surface area contributed by atoms with Crippen LogP contribution in [0.1, 0.15) is 25.1 Å². The fourth-order valence-corrected chi connectivity index (χ4v) is 3.16. The minimum Gasteiger partial charge on any atom is -0.316 e. The van der Waals surface area contributed by atoms with E-state index in [2.05, 4.69) is 20.2 Å². The molecule has 1 rings (SSSR count). The van der Waals surface area contributed by atoms with Crippen LogP contribution in [-0.2, 0) is 16.6 Å². The topological polar surface area (TPSA) is 86.9 Å². The molecule has 0 fully saturated rings. The predicted molar refractivity (Wildman–Crippen MR) is 78.9 cm³/mol. The Balaban J connectivity index is 2.95. The Morgan fingerprint density at radius 2 is 2.05 bits per heavy atom. The average Bonchev–Trinajstić information content (AvgIpc) is 2.70. The van der Waals surface area contributed by atoms with Crippen LogP contribution >= 0.6 is 11.8 Å². The van der Waals surface area contributed by atoms with Gasteiger partial charge in [0.15, 0.2) is 5.03 Å². The molecule has 1 heterocycles. The van der Waals surface area contributed by atoms with E-state index < -0.39 is 10.0 Å². The summed E-state index contributed by atoms with van der Waals surface area (Å²) in [6.45, 7) is 6.62. The third-order valence-electron chi connectivity index (χ3n) is 2.88. The van der Waals surface area contributed by atoms with Crippen molar-refractivity contribution in [2.75, 3.05) is 19.8 Å². The Bertz CT molecular complexity index is 523. The summed E-state index contributed by atoms with van der Waals surface area (Å²) in [6.07, 6.45) is 1.96. The average molecular weight is 306 g/mol. The van der Waals surface area contributed by atoms with Gasteiger partial charge in [0.1, 0.15) is 0 Å². The van der Waals surface area contributed by atoms with Gasteiger partial charge in [-0.3, -0.25) is 5.10 Å². The maximum atomic E-state index is 12.3. The number of nitrogens with one attached hydrogen (secondary N) is 3. The normalized spacial score (nSPS) is 12.9. The molecule has 0 aliphatic rings. The van der Waals surface area contributed by atoms with Crippen molar-refractivity contribution < 1.29 is 8.42 Å². The van der Waals surface area contributed by atoms with Gasteiger partial charge in [0.05, 0.1) is 0 Å². The number of sulfonamides is 1. The van der Waals surface area contributed by atoms with E-state index in [-0.39, 0.29) is 9.77 Å². The van der Waals surface area contributed by atoms with Crippen molar-refractivity contribution >= 4 is 21.8 Å². The summed E-state index contributed by atoms with van der Waals surface area (Å²) in [6, 6.07) is 0. The Labute approximate surface area is 119 Å². The Hall–Kier alpha value is -0.570. The molecule has 0 radical (unpaired) electrons. The summed E-state index contributed by atoms with van der Waals surface area (Å²) in [4.78, 5) is 0. The second-order valence-electron chi connectivity index (χ2n) is 4.95. The highest BCUT2D eigenvalue weighted by Gasteiger charge is 2.26. The Morgan fingerprint density at radius 3 is 2.58 bits per heavy atom. The molecule has 1 aromatic rings. The molecule has 1 aromatic heterocycles. The zero-order valence-corrected chi connectivity index (χ0v) is 13.6. The van der Waals surface area contributed by atoms with Gasteiger partial charge in [-0.2, -0.15) is 16.9 Å². The van der Waals surface area contributed by atoms with Gasteiger partial charge in [0.2, 0.25) is 0 Å². The van der Waals surface area contributed by atoms with Crippen LogP contribution in [0.4, 0.5) is 0 Å². The third kappa shape index (κ3) is 4.20. The number of aromatic nitrogens is 2. The van der Waals surface area contributed by atoms with Crippen LogP contribution in [0.2, 0.25) is 0 Å². The van der Waals surface area contributed by atoms with E-state index in [1.807, 2.05) is 27.0 Å². The number of hydrogen-bond acceptors (Lipinski definition) is 5. The van der Waals surface area contributed by atoms with Crippen LogP contribution in [-0.4, -0.2) is 43.2 Å². The maximum absolute atomic E-state index is 12.3. The summed E-state index contributed by atoms with van der Waals surface area (Å²) in [5, 5.41) is 9.67. The van der Waals surface area contributed by atoms with E-state index in [9.17, 15) is 8.42 Å². The molecule has 0 aliphatic heterocycles. The van der Waals surface area contributed by atoms with Gasteiger partial charge in [0.25, 0.3) is 10.0 Å². The van der Waals surface area contributed by atoms with Crippen molar-refractivity contribution in [2.24, 2.45) is 0 Å². The zero-order valence-electron chi connectivity index (χ0n) is 12.0. The summed E-state index contributed by atoms with van der Waals surface area (Å²) < 4.78 is 27.0. The van der Waals surface area contributed by atoms with Gasteiger partial charge >= 0.3 is 0 Å². The molecule has 6 nitrogen and oxygen atoms in total. The first-order valence-corrected chi connectivity index (χ1v) is 8.67. The molecular formula is C11H22N4O2S2. The Morgan fingerprint density at radius 1 is 1.42 bits per heavy atom. The molecule has 19 heavy (non-hydrogen) atoms. The van der Waals surface area contributed by atoms with Crippen LogP contribution < -0.4 is 10.0 Å². The lowest BCUT2D eigenvalue weighted by atomic mass is 10.2. The molecule has 8 heteroatoms. The molecule has 0 atom stereocenters. The van der Waals surface area contributed by atoms with Crippen LogP contribution in [0.5, 0.6) is 0 Å². The molecule has 0 saturated carbocycles. The number of aromatic amines is 1. The molecule has 0 bridgehead atoms. The molecule has 0 amide bonds. The van der Waals surface area contributed by atoms with Gasteiger partial charge in [-0.05, 0) is 34.1 Å². The number of aryl methyl sites for hydroxylation is 1. The van der Waals surface area contributed by atoms with Crippen LogP contribution in [0.3, 0.4) is 0 Å². The van der Waals surface area contributed by atoms with Gasteiger partial charge in [0, 0.05) is 29.1 Å². The number of hydrogen-bond donors (Lipinski definition) is 3. The number of nitrogens with zero attached hydrogens (tertiary/aromatic N) is 1. The minimum atomic E-state index is -3.58. The molecular weight excluding hydrogens is 284 g/mol. The summed E-state index contributed by atoms with van der Waals surface area (Å²) in [5.74, 6) is 0. The number of thioether (sulfide) groups is 1. The smallest absolute Gasteiger partial charge is 0.260 e. The highest BCUT2D eigenvalue weighted by molar-refractivity contribution is 8.00. The largest absolute Gasteiger partial charge is 0.316 e. The first-order valence-electron chi connectivity index (χ1n) is 5.97. The fourth-order valence-electron chi connectivity index (χ4n) is 1.45.